The molecule has 0 aliphatic carbocycles. The quantitative estimate of drug-likeness (QED) is 0.862. The van der Waals surface area contributed by atoms with Gasteiger partial charge in [0, 0.05) is 16.1 Å². The highest BCUT2D eigenvalue weighted by molar-refractivity contribution is 9.09. The van der Waals surface area contributed by atoms with Crippen LogP contribution in [0.5, 0.6) is 0 Å². The summed E-state index contributed by atoms with van der Waals surface area (Å²) in [5.41, 5.74) is 0. The maximum Gasteiger partial charge on any atom is 0.261 e. The fourth-order valence-corrected chi connectivity index (χ4v) is 2.60. The van der Waals surface area contributed by atoms with Gasteiger partial charge in [-0.2, -0.15) is 0 Å². The van der Waals surface area contributed by atoms with E-state index in [-0.39, 0.29) is 16.6 Å². The summed E-state index contributed by atoms with van der Waals surface area (Å²) in [4.78, 5) is 12.6. The number of carbonyl (C=O) groups excluding carboxylic acids is 1. The Labute approximate surface area is 111 Å². The molecule has 1 heterocycles. The average Bonchev–Trinajstić information content (AvgIpc) is 2.68. The fraction of sp³-hybridized carbons (Fsp3) is 0.250. The minimum atomic E-state index is -0.277. The predicted octanol–water partition coefficient (Wildman–Crippen LogP) is 3.55. The van der Waals surface area contributed by atoms with E-state index in [0.29, 0.717) is 11.4 Å². The van der Waals surface area contributed by atoms with Crippen molar-refractivity contribution in [3.05, 3.63) is 35.0 Å². The van der Waals surface area contributed by atoms with Crippen LogP contribution >= 0.6 is 27.3 Å². The van der Waals surface area contributed by atoms with E-state index in [9.17, 15) is 9.18 Å². The van der Waals surface area contributed by atoms with E-state index in [1.807, 2.05) is 6.92 Å². The van der Waals surface area contributed by atoms with E-state index in [2.05, 4.69) is 21.2 Å². The second kappa shape index (κ2) is 5.14. The molecular weight excluding hydrogens is 305 g/mol. The van der Waals surface area contributed by atoms with Crippen LogP contribution < -0.4 is 5.32 Å². The van der Waals surface area contributed by atoms with Crippen molar-refractivity contribution in [3.63, 3.8) is 0 Å². The molecule has 1 aromatic heterocycles. The fourth-order valence-electron chi connectivity index (χ4n) is 1.44. The number of fused-ring (bicyclic) bond motifs is 1. The summed E-state index contributed by atoms with van der Waals surface area (Å²) in [5, 5.41) is 3.70. The van der Waals surface area contributed by atoms with Crippen LogP contribution in [-0.4, -0.2) is 17.3 Å². The Morgan fingerprint density at radius 2 is 2.29 bits per heavy atom. The Bertz CT molecular complexity index is 552. The number of alkyl halides is 1. The van der Waals surface area contributed by atoms with Crippen LogP contribution in [0.4, 0.5) is 4.39 Å². The van der Waals surface area contributed by atoms with Gasteiger partial charge in [0.2, 0.25) is 0 Å². The molecule has 90 valence electrons. The normalized spacial score (nSPS) is 12.6. The van der Waals surface area contributed by atoms with E-state index in [4.69, 9.17) is 0 Å². The van der Waals surface area contributed by atoms with Crippen molar-refractivity contribution in [2.24, 2.45) is 0 Å². The largest absolute Gasteiger partial charge is 0.350 e. The number of rotatable bonds is 3. The van der Waals surface area contributed by atoms with Crippen LogP contribution in [0.2, 0.25) is 0 Å². The summed E-state index contributed by atoms with van der Waals surface area (Å²) in [6.45, 7) is 2.53. The zero-order valence-corrected chi connectivity index (χ0v) is 11.6. The zero-order valence-electron chi connectivity index (χ0n) is 9.17. The molecule has 2 aromatic rings. The van der Waals surface area contributed by atoms with Crippen LogP contribution in [0.15, 0.2) is 24.3 Å². The van der Waals surface area contributed by atoms with Gasteiger partial charge in [-0.15, -0.1) is 11.3 Å². The number of nitrogens with one attached hydrogen (secondary N) is 1. The van der Waals surface area contributed by atoms with Gasteiger partial charge in [-0.3, -0.25) is 4.79 Å². The summed E-state index contributed by atoms with van der Waals surface area (Å²) in [5.74, 6) is -0.390. The first-order valence-corrected chi connectivity index (χ1v) is 6.91. The van der Waals surface area contributed by atoms with Crippen molar-refractivity contribution < 1.29 is 9.18 Å². The summed E-state index contributed by atoms with van der Waals surface area (Å²) >= 11 is 4.66. The van der Waals surface area contributed by atoms with Crippen molar-refractivity contribution in [1.82, 2.24) is 5.32 Å². The minimum Gasteiger partial charge on any atom is -0.350 e. The number of hydrogen-bond donors (Lipinski definition) is 1. The maximum atomic E-state index is 13.0. The highest BCUT2D eigenvalue weighted by Gasteiger charge is 2.10. The Morgan fingerprint density at radius 3 is 3.00 bits per heavy atom. The SMILES string of the molecule is CC(Br)CNC(=O)c1cc2ccc(F)cc2s1. The number of amides is 1. The Hall–Kier alpha value is -0.940. The molecule has 17 heavy (non-hydrogen) atoms. The van der Waals surface area contributed by atoms with Crippen LogP contribution in [0.3, 0.4) is 0 Å². The smallest absolute Gasteiger partial charge is 0.261 e. The lowest BCUT2D eigenvalue weighted by molar-refractivity contribution is 0.0958. The minimum absolute atomic E-state index is 0.113. The van der Waals surface area contributed by atoms with Gasteiger partial charge in [0.1, 0.15) is 5.82 Å². The highest BCUT2D eigenvalue weighted by Crippen LogP contribution is 2.26. The van der Waals surface area contributed by atoms with Gasteiger partial charge in [0.05, 0.1) is 4.88 Å². The van der Waals surface area contributed by atoms with E-state index >= 15 is 0 Å². The van der Waals surface area contributed by atoms with E-state index in [1.54, 1.807) is 12.1 Å². The summed E-state index contributed by atoms with van der Waals surface area (Å²) in [7, 11) is 0. The van der Waals surface area contributed by atoms with E-state index in [1.165, 1.54) is 23.5 Å². The highest BCUT2D eigenvalue weighted by atomic mass is 79.9. The molecule has 0 aliphatic heterocycles. The van der Waals surface area contributed by atoms with Gasteiger partial charge >= 0.3 is 0 Å². The van der Waals surface area contributed by atoms with E-state index < -0.39 is 0 Å². The number of halogens is 2. The average molecular weight is 316 g/mol. The monoisotopic (exact) mass is 315 g/mol. The molecule has 0 fully saturated rings. The van der Waals surface area contributed by atoms with Crippen LogP contribution in [0, 0.1) is 5.82 Å². The number of thiophene rings is 1. The van der Waals surface area contributed by atoms with Crippen molar-refractivity contribution >= 4 is 43.3 Å². The van der Waals surface area contributed by atoms with Gasteiger partial charge < -0.3 is 5.32 Å². The molecule has 5 heteroatoms. The van der Waals surface area contributed by atoms with Gasteiger partial charge in [-0.1, -0.05) is 28.9 Å². The Morgan fingerprint density at radius 1 is 1.53 bits per heavy atom. The Kier molecular flexibility index (Phi) is 3.79. The number of benzene rings is 1. The van der Waals surface area contributed by atoms with Crippen molar-refractivity contribution in [2.45, 2.75) is 11.8 Å². The second-order valence-corrected chi connectivity index (χ2v) is 6.43. The van der Waals surface area contributed by atoms with Gasteiger partial charge in [0.25, 0.3) is 5.91 Å². The summed E-state index contributed by atoms with van der Waals surface area (Å²) in [6, 6.07) is 6.32. The van der Waals surface area contributed by atoms with Gasteiger partial charge in [0.15, 0.2) is 0 Å². The van der Waals surface area contributed by atoms with Crippen molar-refractivity contribution in [2.75, 3.05) is 6.54 Å². The standard InChI is InChI=1S/C12H11BrFNOS/c1-7(13)6-15-12(16)11-4-8-2-3-9(14)5-10(8)17-11/h2-5,7H,6H2,1H3,(H,15,16). The lowest BCUT2D eigenvalue weighted by atomic mass is 10.2. The molecule has 0 saturated carbocycles. The number of hydrogen-bond acceptors (Lipinski definition) is 2. The molecule has 1 N–H and O–H groups in total. The molecule has 0 radical (unpaired) electrons. The molecular formula is C12H11BrFNOS. The lowest BCUT2D eigenvalue weighted by Crippen LogP contribution is -2.27. The third kappa shape index (κ3) is 3.04. The third-order valence-corrected chi connectivity index (χ3v) is 3.67. The van der Waals surface area contributed by atoms with E-state index in [0.717, 1.165) is 10.1 Å². The first kappa shape index (κ1) is 12.5. The molecule has 0 saturated heterocycles. The Balaban J connectivity index is 2.21. The molecule has 0 aliphatic rings. The molecule has 1 aromatic carbocycles. The van der Waals surface area contributed by atoms with Crippen LogP contribution in [0.1, 0.15) is 16.6 Å². The molecule has 0 bridgehead atoms. The van der Waals surface area contributed by atoms with Crippen LogP contribution in [-0.2, 0) is 0 Å². The molecule has 0 spiro atoms. The molecule has 1 unspecified atom stereocenters. The first-order valence-electron chi connectivity index (χ1n) is 5.17. The molecule has 1 amide bonds. The second-order valence-electron chi connectivity index (χ2n) is 3.78. The zero-order chi connectivity index (χ0) is 12.4. The van der Waals surface area contributed by atoms with Gasteiger partial charge in [-0.05, 0) is 23.6 Å². The molecule has 2 rings (SSSR count). The van der Waals surface area contributed by atoms with Crippen LogP contribution in [0.25, 0.3) is 10.1 Å². The summed E-state index contributed by atoms with van der Waals surface area (Å²) in [6.07, 6.45) is 0. The molecule has 1 atom stereocenters. The maximum absolute atomic E-state index is 13.0. The molecule has 2 nitrogen and oxygen atoms in total. The summed E-state index contributed by atoms with van der Waals surface area (Å²) < 4.78 is 13.8. The van der Waals surface area contributed by atoms with Crippen molar-refractivity contribution in [1.29, 1.82) is 0 Å². The van der Waals surface area contributed by atoms with Crippen molar-refractivity contribution in [3.8, 4) is 0 Å². The lowest BCUT2D eigenvalue weighted by Gasteiger charge is -2.04. The number of carbonyl (C=O) groups is 1. The first-order chi connectivity index (χ1) is 8.06. The third-order valence-electron chi connectivity index (χ3n) is 2.25. The van der Waals surface area contributed by atoms with Gasteiger partial charge in [-0.25, -0.2) is 4.39 Å². The predicted molar refractivity (Wildman–Crippen MR) is 72.5 cm³/mol. The topological polar surface area (TPSA) is 29.1 Å².